The zero-order chi connectivity index (χ0) is 9.27. The molecule has 0 aromatic carbocycles. The molecule has 3 unspecified atom stereocenters. The van der Waals surface area contributed by atoms with Gasteiger partial charge in [0.25, 0.3) is 0 Å². The highest BCUT2D eigenvalue weighted by atomic mass is 16.3. The van der Waals surface area contributed by atoms with Crippen molar-refractivity contribution in [3.05, 3.63) is 0 Å². The fourth-order valence-corrected chi connectivity index (χ4v) is 3.51. The Morgan fingerprint density at radius 3 is 2.15 bits per heavy atom. The number of rotatable bonds is 0. The quantitative estimate of drug-likeness (QED) is 0.569. The number of hydrogen-bond donors (Lipinski definition) is 1. The summed E-state index contributed by atoms with van der Waals surface area (Å²) in [6.07, 6.45) is 0. The summed E-state index contributed by atoms with van der Waals surface area (Å²) in [6, 6.07) is 0. The van der Waals surface area contributed by atoms with Gasteiger partial charge >= 0.3 is 0 Å². The highest BCUT2D eigenvalue weighted by molar-refractivity contribution is 5.11. The molecule has 3 heteroatoms. The molecule has 4 aliphatic rings. The maximum atomic E-state index is 10.5. The first-order valence-corrected chi connectivity index (χ1v) is 5.18. The van der Waals surface area contributed by atoms with Crippen LogP contribution in [-0.2, 0) is 0 Å². The first-order chi connectivity index (χ1) is 6.01. The molecule has 0 aliphatic carbocycles. The van der Waals surface area contributed by atoms with Gasteiger partial charge in [0.1, 0.15) is 0 Å². The fraction of sp³-hybridized carbons (Fsp3) is 1.00. The van der Waals surface area contributed by atoms with Gasteiger partial charge in [0.15, 0.2) is 0 Å². The summed E-state index contributed by atoms with van der Waals surface area (Å²) in [6.45, 7) is 9.75. The van der Waals surface area contributed by atoms with Crippen molar-refractivity contribution in [1.82, 2.24) is 9.80 Å². The van der Waals surface area contributed by atoms with E-state index in [2.05, 4.69) is 16.7 Å². The van der Waals surface area contributed by atoms with Crippen LogP contribution in [0.4, 0.5) is 0 Å². The van der Waals surface area contributed by atoms with Crippen molar-refractivity contribution in [1.29, 1.82) is 0 Å². The van der Waals surface area contributed by atoms with Crippen molar-refractivity contribution in [3.63, 3.8) is 0 Å². The lowest BCUT2D eigenvalue weighted by atomic mass is 9.60. The second kappa shape index (κ2) is 2.10. The molecule has 0 aromatic rings. The molecule has 74 valence electrons. The van der Waals surface area contributed by atoms with Gasteiger partial charge in [-0.2, -0.15) is 0 Å². The Morgan fingerprint density at radius 1 is 1.15 bits per heavy atom. The third-order valence-electron chi connectivity index (χ3n) is 4.52. The van der Waals surface area contributed by atoms with E-state index < -0.39 is 5.60 Å². The van der Waals surface area contributed by atoms with Crippen LogP contribution >= 0.6 is 0 Å². The van der Waals surface area contributed by atoms with Gasteiger partial charge in [-0.3, -0.25) is 9.80 Å². The molecule has 4 bridgehead atoms. The Labute approximate surface area is 79.3 Å². The summed E-state index contributed by atoms with van der Waals surface area (Å²) < 4.78 is 0. The number of nitrogens with zero attached hydrogens (tertiary/aromatic N) is 2. The van der Waals surface area contributed by atoms with E-state index in [4.69, 9.17) is 0 Å². The minimum absolute atomic E-state index is 0.104. The Morgan fingerprint density at radius 2 is 1.69 bits per heavy atom. The van der Waals surface area contributed by atoms with Crippen LogP contribution in [0.15, 0.2) is 0 Å². The van der Waals surface area contributed by atoms with Crippen LogP contribution in [0.5, 0.6) is 0 Å². The van der Waals surface area contributed by atoms with Gasteiger partial charge < -0.3 is 5.11 Å². The predicted molar refractivity (Wildman–Crippen MR) is 50.2 cm³/mol. The van der Waals surface area contributed by atoms with Crippen LogP contribution in [0.25, 0.3) is 0 Å². The summed E-state index contributed by atoms with van der Waals surface area (Å²) in [5.74, 6) is 0.466. The average molecular weight is 182 g/mol. The van der Waals surface area contributed by atoms with E-state index in [9.17, 15) is 5.11 Å². The highest BCUT2D eigenvalue weighted by Gasteiger charge is 2.59. The summed E-state index contributed by atoms with van der Waals surface area (Å²) >= 11 is 0. The normalized spacial score (nSPS) is 64.4. The monoisotopic (exact) mass is 182 g/mol. The summed E-state index contributed by atoms with van der Waals surface area (Å²) in [4.78, 5) is 4.96. The molecule has 4 rings (SSSR count). The standard InChI is InChI=1S/C10H18N2O/c1-9-5-11-3-8(10(9,2)13)4-12(6-9)7-11/h8,13H,3-7H2,1-2H3. The third kappa shape index (κ3) is 0.853. The maximum absolute atomic E-state index is 10.5. The second-order valence-electron chi connectivity index (χ2n) is 5.57. The van der Waals surface area contributed by atoms with Crippen molar-refractivity contribution in [2.45, 2.75) is 19.4 Å². The van der Waals surface area contributed by atoms with Gasteiger partial charge in [-0.25, -0.2) is 0 Å². The van der Waals surface area contributed by atoms with Crippen LogP contribution in [0, 0.1) is 11.3 Å². The Hall–Kier alpha value is -0.120. The van der Waals surface area contributed by atoms with E-state index in [1.807, 2.05) is 6.92 Å². The third-order valence-corrected chi connectivity index (χ3v) is 4.52. The predicted octanol–water partition coefficient (Wildman–Crippen LogP) is -0.0378. The van der Waals surface area contributed by atoms with Gasteiger partial charge in [0.2, 0.25) is 0 Å². The van der Waals surface area contributed by atoms with Gasteiger partial charge in [-0.05, 0) is 6.92 Å². The topological polar surface area (TPSA) is 26.7 Å². The van der Waals surface area contributed by atoms with Crippen LogP contribution < -0.4 is 0 Å². The molecule has 3 atom stereocenters. The van der Waals surface area contributed by atoms with Crippen molar-refractivity contribution in [3.8, 4) is 0 Å². The van der Waals surface area contributed by atoms with Crippen LogP contribution in [-0.4, -0.2) is 53.4 Å². The van der Waals surface area contributed by atoms with Crippen molar-refractivity contribution in [2.75, 3.05) is 32.8 Å². The van der Waals surface area contributed by atoms with Gasteiger partial charge in [0.05, 0.1) is 12.3 Å². The van der Waals surface area contributed by atoms with E-state index in [-0.39, 0.29) is 5.41 Å². The minimum atomic E-state index is -0.444. The largest absolute Gasteiger partial charge is 0.389 e. The molecule has 0 aromatic heterocycles. The van der Waals surface area contributed by atoms with E-state index in [1.165, 1.54) is 0 Å². The fourth-order valence-electron chi connectivity index (χ4n) is 3.51. The van der Waals surface area contributed by atoms with E-state index in [0.717, 1.165) is 32.8 Å². The molecule has 4 heterocycles. The van der Waals surface area contributed by atoms with Crippen LogP contribution in [0.2, 0.25) is 0 Å². The zero-order valence-electron chi connectivity index (χ0n) is 8.45. The lowest BCUT2D eigenvalue weighted by Gasteiger charge is -2.65. The number of hydrogen-bond acceptors (Lipinski definition) is 3. The summed E-state index contributed by atoms with van der Waals surface area (Å²) in [5, 5.41) is 10.5. The molecule has 4 saturated heterocycles. The maximum Gasteiger partial charge on any atom is 0.0750 e. The van der Waals surface area contributed by atoms with E-state index in [0.29, 0.717) is 5.92 Å². The number of aliphatic hydroxyl groups is 1. The Kier molecular flexibility index (Phi) is 1.33. The molecule has 1 N–H and O–H groups in total. The molecular weight excluding hydrogens is 164 g/mol. The van der Waals surface area contributed by atoms with Crippen molar-refractivity contribution in [2.24, 2.45) is 11.3 Å². The lowest BCUT2D eigenvalue weighted by molar-refractivity contribution is -0.238. The van der Waals surface area contributed by atoms with Crippen LogP contribution in [0.3, 0.4) is 0 Å². The molecule has 3 nitrogen and oxygen atoms in total. The first kappa shape index (κ1) is 8.21. The van der Waals surface area contributed by atoms with Crippen molar-refractivity contribution < 1.29 is 5.11 Å². The van der Waals surface area contributed by atoms with Gasteiger partial charge in [0, 0.05) is 37.5 Å². The SMILES string of the molecule is CC12CN3CC(CN(C3)C1)C2(C)O. The van der Waals surface area contributed by atoms with E-state index >= 15 is 0 Å². The molecule has 13 heavy (non-hydrogen) atoms. The molecular formula is C10H18N2O. The number of piperidine rings is 2. The smallest absolute Gasteiger partial charge is 0.0750 e. The summed E-state index contributed by atoms with van der Waals surface area (Å²) in [7, 11) is 0. The zero-order valence-corrected chi connectivity index (χ0v) is 8.45. The molecule has 0 radical (unpaired) electrons. The van der Waals surface area contributed by atoms with Gasteiger partial charge in [-0.1, -0.05) is 6.92 Å². The minimum Gasteiger partial charge on any atom is -0.389 e. The Balaban J connectivity index is 2.03. The molecule has 0 saturated carbocycles. The van der Waals surface area contributed by atoms with Crippen LogP contribution in [0.1, 0.15) is 13.8 Å². The summed E-state index contributed by atoms with van der Waals surface area (Å²) in [5.41, 5.74) is -0.340. The molecule has 4 fully saturated rings. The van der Waals surface area contributed by atoms with Gasteiger partial charge in [-0.15, -0.1) is 0 Å². The first-order valence-electron chi connectivity index (χ1n) is 5.18. The Bertz CT molecular complexity index is 237. The molecule has 0 amide bonds. The molecule has 4 aliphatic heterocycles. The second-order valence-corrected chi connectivity index (χ2v) is 5.57. The molecule has 0 spiro atoms. The van der Waals surface area contributed by atoms with Crippen molar-refractivity contribution >= 4 is 0 Å². The average Bonchev–Trinajstić information content (AvgIpc) is 1.99. The highest BCUT2D eigenvalue weighted by Crippen LogP contribution is 2.48. The van der Waals surface area contributed by atoms with E-state index in [1.54, 1.807) is 0 Å². The lowest BCUT2D eigenvalue weighted by Crippen LogP contribution is -2.76.